The monoisotopic (exact) mass is 506 g/mol. The number of thioether (sulfide) groups is 2. The third-order valence-corrected chi connectivity index (χ3v) is 7.24. The second-order valence-electron chi connectivity index (χ2n) is 6.91. The number of aromatic nitrogens is 6. The molecule has 0 spiro atoms. The van der Waals surface area contributed by atoms with Crippen molar-refractivity contribution in [3.63, 3.8) is 0 Å². The number of carboxylic acid groups (broad SMARTS) is 1. The number of oxime groups is 1. The molecule has 0 saturated carbocycles. The molecule has 2 aliphatic heterocycles. The average molecular weight is 507 g/mol. The molecule has 4 rings (SSSR count). The van der Waals surface area contributed by atoms with Gasteiger partial charge in [-0.2, -0.15) is 0 Å². The summed E-state index contributed by atoms with van der Waals surface area (Å²) in [6, 6.07) is 0.463. The summed E-state index contributed by atoms with van der Waals surface area (Å²) in [7, 11) is 2.93. The number of β-lactam (4-membered cyclic amide) rings is 1. The van der Waals surface area contributed by atoms with Crippen LogP contribution in [0.5, 0.6) is 0 Å². The second-order valence-corrected chi connectivity index (χ2v) is 8.96. The van der Waals surface area contributed by atoms with Crippen LogP contribution >= 0.6 is 23.5 Å². The number of carbonyl (C=O) groups excluding carboxylic acids is 2. The summed E-state index contributed by atoms with van der Waals surface area (Å²) in [6.07, 6.45) is 1.35. The molecule has 0 radical (unpaired) electrons. The van der Waals surface area contributed by atoms with Crippen LogP contribution in [0.25, 0.3) is 0 Å². The molecule has 1 saturated heterocycles. The van der Waals surface area contributed by atoms with E-state index in [0.29, 0.717) is 16.5 Å². The van der Waals surface area contributed by atoms with Crippen LogP contribution in [-0.2, 0) is 26.3 Å². The fourth-order valence-electron chi connectivity index (χ4n) is 3.30. The van der Waals surface area contributed by atoms with Crippen molar-refractivity contribution in [2.75, 3.05) is 24.3 Å². The van der Waals surface area contributed by atoms with E-state index in [9.17, 15) is 19.5 Å². The lowest BCUT2D eigenvalue weighted by Crippen LogP contribution is -2.71. The van der Waals surface area contributed by atoms with E-state index in [2.05, 4.69) is 36.0 Å². The van der Waals surface area contributed by atoms with Crippen molar-refractivity contribution in [3.05, 3.63) is 29.2 Å². The van der Waals surface area contributed by atoms with Crippen LogP contribution in [0.4, 0.5) is 5.95 Å². The predicted octanol–water partition coefficient (Wildman–Crippen LogP) is -1.54. The molecule has 15 nitrogen and oxygen atoms in total. The number of tetrazole rings is 1. The summed E-state index contributed by atoms with van der Waals surface area (Å²) in [5, 5.41) is 27.1. The van der Waals surface area contributed by atoms with Crippen molar-refractivity contribution in [2.24, 2.45) is 12.2 Å². The SMILES string of the molecule is CO/N=C(\C(=O)NC1C(=O)N2C(C(=O)O)=C(CSc3nnnn3C)CS[C@H]12)c1ccnc(N)n1. The van der Waals surface area contributed by atoms with Crippen molar-refractivity contribution in [1.82, 2.24) is 40.4 Å². The van der Waals surface area contributed by atoms with E-state index in [1.165, 1.54) is 52.5 Å². The van der Waals surface area contributed by atoms with Gasteiger partial charge < -0.3 is 21.0 Å². The first-order chi connectivity index (χ1) is 16.3. The maximum Gasteiger partial charge on any atom is 0.352 e. The molecule has 2 amide bonds. The van der Waals surface area contributed by atoms with Gasteiger partial charge in [0.05, 0.1) is 0 Å². The third kappa shape index (κ3) is 4.38. The van der Waals surface area contributed by atoms with Gasteiger partial charge >= 0.3 is 5.97 Å². The van der Waals surface area contributed by atoms with Crippen molar-refractivity contribution in [2.45, 2.75) is 16.6 Å². The number of anilines is 1. The zero-order valence-corrected chi connectivity index (χ0v) is 19.4. The van der Waals surface area contributed by atoms with Crippen molar-refractivity contribution in [3.8, 4) is 0 Å². The van der Waals surface area contributed by atoms with E-state index >= 15 is 0 Å². The van der Waals surface area contributed by atoms with Gasteiger partial charge in [-0.05, 0) is 22.1 Å². The molecule has 17 heteroatoms. The van der Waals surface area contributed by atoms with Crippen LogP contribution < -0.4 is 11.1 Å². The smallest absolute Gasteiger partial charge is 0.352 e. The summed E-state index contributed by atoms with van der Waals surface area (Å²) in [5.74, 6) is -1.94. The number of rotatable bonds is 8. The minimum Gasteiger partial charge on any atom is -0.477 e. The largest absolute Gasteiger partial charge is 0.477 e. The number of nitrogens with two attached hydrogens (primary N) is 1. The van der Waals surface area contributed by atoms with E-state index in [0.717, 1.165) is 0 Å². The van der Waals surface area contributed by atoms with E-state index in [4.69, 9.17) is 10.6 Å². The van der Waals surface area contributed by atoms with Gasteiger partial charge in [0.15, 0.2) is 5.71 Å². The van der Waals surface area contributed by atoms with Gasteiger partial charge in [-0.15, -0.1) is 16.9 Å². The van der Waals surface area contributed by atoms with Crippen LogP contribution in [0.3, 0.4) is 0 Å². The Morgan fingerprint density at radius 3 is 2.91 bits per heavy atom. The maximum absolute atomic E-state index is 12.9. The molecule has 34 heavy (non-hydrogen) atoms. The molecule has 2 aromatic rings. The minimum atomic E-state index is -1.23. The summed E-state index contributed by atoms with van der Waals surface area (Å²) in [4.78, 5) is 51.4. The molecule has 0 bridgehead atoms. The number of amides is 2. The zero-order valence-electron chi connectivity index (χ0n) is 17.8. The summed E-state index contributed by atoms with van der Waals surface area (Å²) in [5.41, 5.74) is 5.93. The molecule has 2 atom stereocenters. The number of hydrogen-bond donors (Lipinski definition) is 3. The standard InChI is InChI=1S/C17H18N10O5S2/c1-26-17(22-24-25-26)34-6-7-5-33-14-10(13(29)27(14)11(7)15(30)31)21-12(28)9(23-32-2)8-3-4-19-16(18)20-8/h3-4,10,14H,5-6H2,1-2H3,(H,21,28)(H,30,31)(H2,18,19,20)/b23-9-/t10?,14-/m1/s1. The lowest BCUT2D eigenvalue weighted by atomic mass is 10.0. The molecular weight excluding hydrogens is 488 g/mol. The van der Waals surface area contributed by atoms with Crippen LogP contribution in [0.2, 0.25) is 0 Å². The Morgan fingerprint density at radius 1 is 1.47 bits per heavy atom. The topological polar surface area (TPSA) is 204 Å². The second kappa shape index (κ2) is 9.64. The first kappa shape index (κ1) is 23.4. The van der Waals surface area contributed by atoms with Crippen LogP contribution in [0.1, 0.15) is 5.69 Å². The van der Waals surface area contributed by atoms with E-state index in [-0.39, 0.29) is 28.8 Å². The van der Waals surface area contributed by atoms with Gasteiger partial charge in [0.2, 0.25) is 11.1 Å². The number of aryl methyl sites for hydroxylation is 1. The number of carbonyl (C=O) groups is 3. The molecular formula is C17H18N10O5S2. The number of aliphatic carboxylic acids is 1. The molecule has 0 aromatic carbocycles. The first-order valence-corrected chi connectivity index (χ1v) is 11.6. The van der Waals surface area contributed by atoms with Gasteiger partial charge in [-0.3, -0.25) is 14.5 Å². The molecule has 4 N–H and O–H groups in total. The van der Waals surface area contributed by atoms with E-state index in [1.807, 2.05) is 0 Å². The highest BCUT2D eigenvalue weighted by molar-refractivity contribution is 8.01. The number of fused-ring (bicyclic) bond motifs is 1. The summed E-state index contributed by atoms with van der Waals surface area (Å²) >= 11 is 2.60. The lowest BCUT2D eigenvalue weighted by Gasteiger charge is -2.49. The number of nitrogens with one attached hydrogen (secondary N) is 1. The molecule has 2 aliphatic rings. The van der Waals surface area contributed by atoms with Crippen LogP contribution in [0, 0.1) is 0 Å². The Morgan fingerprint density at radius 2 is 2.26 bits per heavy atom. The van der Waals surface area contributed by atoms with E-state index in [1.54, 1.807) is 7.05 Å². The highest BCUT2D eigenvalue weighted by Gasteiger charge is 2.54. The summed E-state index contributed by atoms with van der Waals surface area (Å²) < 4.78 is 1.47. The Kier molecular flexibility index (Phi) is 6.64. The van der Waals surface area contributed by atoms with Gasteiger partial charge in [0.25, 0.3) is 11.8 Å². The van der Waals surface area contributed by atoms with Crippen molar-refractivity contribution in [1.29, 1.82) is 0 Å². The third-order valence-electron chi connectivity index (χ3n) is 4.81. The first-order valence-electron chi connectivity index (χ1n) is 9.57. The van der Waals surface area contributed by atoms with Gasteiger partial charge in [-0.25, -0.2) is 19.4 Å². The predicted molar refractivity (Wildman–Crippen MR) is 119 cm³/mol. The average Bonchev–Trinajstić information content (AvgIpc) is 3.23. The van der Waals surface area contributed by atoms with Crippen molar-refractivity contribution >= 4 is 53.0 Å². The molecule has 0 aliphatic carbocycles. The number of carboxylic acids is 1. The number of hydrogen-bond acceptors (Lipinski definition) is 13. The highest BCUT2D eigenvalue weighted by atomic mass is 32.2. The van der Waals surface area contributed by atoms with Gasteiger partial charge in [0, 0.05) is 24.8 Å². The van der Waals surface area contributed by atoms with E-state index < -0.39 is 29.2 Å². The Hall–Kier alpha value is -3.73. The molecule has 4 heterocycles. The quantitative estimate of drug-likeness (QED) is 0.161. The minimum absolute atomic E-state index is 0.0680. The number of nitrogen functional groups attached to an aromatic ring is 1. The number of nitrogens with zero attached hydrogens (tertiary/aromatic N) is 8. The van der Waals surface area contributed by atoms with Gasteiger partial charge in [0.1, 0.15) is 29.9 Å². The Bertz CT molecular complexity index is 1210. The molecule has 178 valence electrons. The molecule has 1 fully saturated rings. The lowest BCUT2D eigenvalue weighted by molar-refractivity contribution is -0.150. The summed E-state index contributed by atoms with van der Waals surface area (Å²) in [6.45, 7) is 0. The maximum atomic E-state index is 12.9. The molecule has 1 unspecified atom stereocenters. The van der Waals surface area contributed by atoms with Crippen molar-refractivity contribution < 1.29 is 24.3 Å². The fraction of sp³-hybridized carbons (Fsp3) is 0.353. The normalized spacial score (nSPS) is 20.0. The Balaban J connectivity index is 1.50. The van der Waals surface area contributed by atoms with Crippen LogP contribution in [-0.4, -0.2) is 93.7 Å². The van der Waals surface area contributed by atoms with Gasteiger partial charge in [-0.1, -0.05) is 16.9 Å². The molecule has 2 aromatic heterocycles. The Labute approximate surface area is 200 Å². The fourth-order valence-corrected chi connectivity index (χ4v) is 5.64. The highest BCUT2D eigenvalue weighted by Crippen LogP contribution is 2.41. The van der Waals surface area contributed by atoms with Crippen LogP contribution in [0.15, 0.2) is 33.8 Å². The zero-order chi connectivity index (χ0) is 24.4.